The Morgan fingerprint density at radius 1 is 1.45 bits per heavy atom. The van der Waals surface area contributed by atoms with Gasteiger partial charge in [0.2, 0.25) is 0 Å². The van der Waals surface area contributed by atoms with E-state index in [9.17, 15) is 13.2 Å². The largest absolute Gasteiger partial charge is 0.478 e. The fourth-order valence-electron chi connectivity index (χ4n) is 2.65. The summed E-state index contributed by atoms with van der Waals surface area (Å²) >= 11 is 1.30. The number of nitrogens with zero attached hydrogens (tertiary/aromatic N) is 3. The van der Waals surface area contributed by atoms with E-state index in [0.717, 1.165) is 10.4 Å². The minimum atomic E-state index is -3.63. The zero-order chi connectivity index (χ0) is 16.1. The Labute approximate surface area is 131 Å². The van der Waals surface area contributed by atoms with Crippen molar-refractivity contribution in [1.82, 2.24) is 14.1 Å². The molecule has 2 aromatic rings. The Kier molecular flexibility index (Phi) is 3.58. The highest BCUT2D eigenvalue weighted by atomic mass is 32.2. The molecule has 1 N–H and O–H groups in total. The van der Waals surface area contributed by atoms with E-state index in [-0.39, 0.29) is 23.7 Å². The molecule has 0 unspecified atom stereocenters. The minimum absolute atomic E-state index is 0.156. The van der Waals surface area contributed by atoms with E-state index in [1.165, 1.54) is 20.3 Å². The molecule has 0 saturated heterocycles. The summed E-state index contributed by atoms with van der Waals surface area (Å²) in [5.74, 6) is -0.962. The Hall–Kier alpha value is -1.71. The third-order valence-electron chi connectivity index (χ3n) is 3.71. The number of carbonyl (C=O) groups is 1. The summed E-state index contributed by atoms with van der Waals surface area (Å²) in [6.45, 7) is 2.22. The van der Waals surface area contributed by atoms with Gasteiger partial charge in [0.25, 0.3) is 10.0 Å². The van der Waals surface area contributed by atoms with Crippen molar-refractivity contribution in [3.63, 3.8) is 0 Å². The van der Waals surface area contributed by atoms with Gasteiger partial charge in [-0.2, -0.15) is 9.40 Å². The van der Waals surface area contributed by atoms with Gasteiger partial charge < -0.3 is 5.11 Å². The lowest BCUT2D eigenvalue weighted by atomic mass is 10.1. The normalized spacial score (nSPS) is 15.7. The summed E-state index contributed by atoms with van der Waals surface area (Å²) in [7, 11) is -2.03. The van der Waals surface area contributed by atoms with Crippen LogP contribution in [0.15, 0.2) is 16.5 Å². The molecular weight excluding hydrogens is 326 g/mol. The molecule has 1 aliphatic rings. The van der Waals surface area contributed by atoms with Crippen LogP contribution in [0, 0.1) is 6.92 Å². The van der Waals surface area contributed by atoms with Crippen LogP contribution in [0.25, 0.3) is 0 Å². The van der Waals surface area contributed by atoms with Crippen LogP contribution in [0.2, 0.25) is 0 Å². The summed E-state index contributed by atoms with van der Waals surface area (Å²) in [6, 6.07) is 1.54. The number of aromatic carboxylic acids is 1. The van der Waals surface area contributed by atoms with E-state index in [2.05, 4.69) is 5.10 Å². The second-order valence-electron chi connectivity index (χ2n) is 5.19. The number of fused-ring (bicyclic) bond motifs is 1. The van der Waals surface area contributed by atoms with Gasteiger partial charge in [-0.1, -0.05) is 0 Å². The molecule has 0 amide bonds. The highest BCUT2D eigenvalue weighted by Crippen LogP contribution is 2.31. The predicted molar refractivity (Wildman–Crippen MR) is 80.5 cm³/mol. The van der Waals surface area contributed by atoms with Gasteiger partial charge in [0, 0.05) is 30.4 Å². The van der Waals surface area contributed by atoms with Crippen LogP contribution in [0.5, 0.6) is 0 Å². The van der Waals surface area contributed by atoms with E-state index in [4.69, 9.17) is 5.11 Å². The first-order valence-electron chi connectivity index (χ1n) is 6.64. The molecule has 0 spiro atoms. The molecule has 0 saturated carbocycles. The van der Waals surface area contributed by atoms with Crippen molar-refractivity contribution in [2.75, 3.05) is 6.54 Å². The second-order valence-corrected chi connectivity index (χ2v) is 8.04. The average Bonchev–Trinajstić information content (AvgIpc) is 3.01. The SMILES string of the molecule is Cc1cc(S(=O)(=O)N2CCc3c(C(=O)O)csc3C2)n(C)n1. The molecule has 118 valence electrons. The minimum Gasteiger partial charge on any atom is -0.478 e. The van der Waals surface area contributed by atoms with Crippen molar-refractivity contribution >= 4 is 27.3 Å². The molecule has 22 heavy (non-hydrogen) atoms. The Morgan fingerprint density at radius 2 is 2.18 bits per heavy atom. The van der Waals surface area contributed by atoms with Gasteiger partial charge >= 0.3 is 5.97 Å². The zero-order valence-electron chi connectivity index (χ0n) is 12.1. The first kappa shape index (κ1) is 15.2. The number of carboxylic acids is 1. The van der Waals surface area contributed by atoms with E-state index in [0.29, 0.717) is 12.1 Å². The topological polar surface area (TPSA) is 92.5 Å². The Balaban J connectivity index is 1.94. The van der Waals surface area contributed by atoms with E-state index in [1.54, 1.807) is 25.4 Å². The van der Waals surface area contributed by atoms with Crippen LogP contribution < -0.4 is 0 Å². The highest BCUT2D eigenvalue weighted by molar-refractivity contribution is 7.89. The van der Waals surface area contributed by atoms with Gasteiger partial charge in [-0.15, -0.1) is 11.3 Å². The first-order valence-corrected chi connectivity index (χ1v) is 8.96. The lowest BCUT2D eigenvalue weighted by molar-refractivity contribution is 0.0696. The fourth-order valence-corrected chi connectivity index (χ4v) is 5.41. The monoisotopic (exact) mass is 341 g/mol. The van der Waals surface area contributed by atoms with Gasteiger partial charge in [0.05, 0.1) is 11.3 Å². The summed E-state index contributed by atoms with van der Waals surface area (Å²) in [5.41, 5.74) is 1.68. The van der Waals surface area contributed by atoms with E-state index >= 15 is 0 Å². The summed E-state index contributed by atoms with van der Waals surface area (Å²) in [5, 5.41) is 15.0. The Morgan fingerprint density at radius 3 is 2.77 bits per heavy atom. The van der Waals surface area contributed by atoms with Crippen molar-refractivity contribution < 1.29 is 18.3 Å². The number of aromatic nitrogens is 2. The maximum atomic E-state index is 12.7. The molecule has 3 heterocycles. The third-order valence-corrected chi connectivity index (χ3v) is 6.62. The van der Waals surface area contributed by atoms with Gasteiger partial charge in [-0.3, -0.25) is 4.68 Å². The van der Waals surface area contributed by atoms with E-state index in [1.807, 2.05) is 0 Å². The fraction of sp³-hybridized carbons (Fsp3) is 0.385. The molecule has 3 rings (SSSR count). The first-order chi connectivity index (χ1) is 10.3. The summed E-state index contributed by atoms with van der Waals surface area (Å²) in [4.78, 5) is 11.9. The molecule has 9 heteroatoms. The van der Waals surface area contributed by atoms with Crippen LogP contribution in [0.1, 0.15) is 26.5 Å². The molecule has 7 nitrogen and oxygen atoms in total. The third kappa shape index (κ3) is 2.34. The standard InChI is InChI=1S/C13H15N3O4S2/c1-8-5-12(15(2)14-8)22(19,20)16-4-3-9-10(13(17)18)7-21-11(9)6-16/h5,7H,3-4,6H2,1-2H3,(H,17,18). The van der Waals surface area contributed by atoms with E-state index < -0.39 is 16.0 Å². The highest BCUT2D eigenvalue weighted by Gasteiger charge is 2.33. The number of rotatable bonds is 3. The van der Waals surface area contributed by atoms with Gasteiger partial charge in [0.1, 0.15) is 0 Å². The van der Waals surface area contributed by atoms with Crippen molar-refractivity contribution in [3.05, 3.63) is 33.1 Å². The molecule has 0 aliphatic carbocycles. The number of thiophene rings is 1. The van der Waals surface area contributed by atoms with Crippen molar-refractivity contribution in [2.45, 2.75) is 24.9 Å². The van der Waals surface area contributed by atoms with Crippen LogP contribution >= 0.6 is 11.3 Å². The molecule has 0 fully saturated rings. The molecule has 0 aromatic carbocycles. The van der Waals surface area contributed by atoms with Crippen molar-refractivity contribution in [2.24, 2.45) is 7.05 Å². The average molecular weight is 341 g/mol. The van der Waals surface area contributed by atoms with Crippen LogP contribution in [-0.2, 0) is 30.0 Å². The smallest absolute Gasteiger partial charge is 0.336 e. The molecular formula is C13H15N3O4S2. The van der Waals surface area contributed by atoms with Gasteiger partial charge in [-0.05, 0) is 25.0 Å². The molecule has 0 radical (unpaired) electrons. The zero-order valence-corrected chi connectivity index (χ0v) is 13.7. The van der Waals surface area contributed by atoms with Crippen LogP contribution in [0.3, 0.4) is 0 Å². The lowest BCUT2D eigenvalue weighted by Gasteiger charge is -2.26. The maximum Gasteiger partial charge on any atom is 0.336 e. The second kappa shape index (κ2) is 5.18. The maximum absolute atomic E-state index is 12.7. The molecule has 0 atom stereocenters. The molecule has 0 bridgehead atoms. The quantitative estimate of drug-likeness (QED) is 0.906. The van der Waals surface area contributed by atoms with Crippen LogP contribution in [0.4, 0.5) is 0 Å². The van der Waals surface area contributed by atoms with Crippen molar-refractivity contribution in [3.8, 4) is 0 Å². The molecule has 1 aliphatic heterocycles. The number of sulfonamides is 1. The Bertz CT molecular complexity index is 851. The number of hydrogen-bond donors (Lipinski definition) is 1. The van der Waals surface area contributed by atoms with Crippen LogP contribution in [-0.4, -0.2) is 40.1 Å². The predicted octanol–water partition coefficient (Wildman–Crippen LogP) is 1.24. The van der Waals surface area contributed by atoms with Crippen molar-refractivity contribution in [1.29, 1.82) is 0 Å². The van der Waals surface area contributed by atoms with Gasteiger partial charge in [-0.25, -0.2) is 13.2 Å². The number of carboxylic acid groups (broad SMARTS) is 1. The summed E-state index contributed by atoms with van der Waals surface area (Å²) < 4.78 is 28.2. The molecule has 2 aromatic heterocycles. The van der Waals surface area contributed by atoms with Gasteiger partial charge in [0.15, 0.2) is 5.03 Å². The number of hydrogen-bond acceptors (Lipinski definition) is 5. The number of aryl methyl sites for hydroxylation is 2. The summed E-state index contributed by atoms with van der Waals surface area (Å²) in [6.07, 6.45) is 0.413. The lowest BCUT2D eigenvalue weighted by Crippen LogP contribution is -2.36.